The minimum Gasteiger partial charge on any atom is -0.456 e. The summed E-state index contributed by atoms with van der Waals surface area (Å²) in [5.74, 6) is 2.31. The van der Waals surface area contributed by atoms with Crippen LogP contribution in [0.25, 0.3) is 99.9 Å². The Morgan fingerprint density at radius 2 is 1.03 bits per heavy atom. The zero-order chi connectivity index (χ0) is 42.6. The fraction of sp³-hybridized carbons (Fsp3) is 0.0167. The van der Waals surface area contributed by atoms with E-state index in [1.54, 1.807) is 0 Å². The number of hydrogen-bond donors (Lipinski definition) is 0. The highest BCUT2D eigenvalue weighted by atomic mass is 16.5. The summed E-state index contributed by atoms with van der Waals surface area (Å²) in [6.07, 6.45) is 0. The molecule has 0 atom stereocenters. The van der Waals surface area contributed by atoms with Gasteiger partial charge < -0.3 is 9.15 Å². The minimum absolute atomic E-state index is 0.616. The fourth-order valence-electron chi connectivity index (χ4n) is 10.8. The van der Waals surface area contributed by atoms with E-state index in [9.17, 15) is 0 Å². The van der Waals surface area contributed by atoms with Gasteiger partial charge in [-0.15, -0.1) is 0 Å². The van der Waals surface area contributed by atoms with Gasteiger partial charge in [-0.1, -0.05) is 176 Å². The predicted octanol–water partition coefficient (Wildman–Crippen LogP) is 15.2. The summed E-state index contributed by atoms with van der Waals surface area (Å²) < 4.78 is 13.9. The molecule has 302 valence electrons. The van der Waals surface area contributed by atoms with E-state index in [2.05, 4.69) is 170 Å². The molecule has 0 N–H and O–H groups in total. The molecule has 5 heteroatoms. The van der Waals surface area contributed by atoms with Crippen LogP contribution in [0.2, 0.25) is 0 Å². The maximum atomic E-state index is 7.31. The van der Waals surface area contributed by atoms with E-state index in [-0.39, 0.29) is 0 Å². The highest BCUT2D eigenvalue weighted by Gasteiger charge is 2.51. The van der Waals surface area contributed by atoms with Crippen LogP contribution in [0.3, 0.4) is 0 Å². The minimum atomic E-state index is -0.616. The maximum Gasteiger partial charge on any atom is 0.160 e. The first-order valence-corrected chi connectivity index (χ1v) is 22.0. The molecule has 4 heterocycles. The first-order chi connectivity index (χ1) is 32.2. The zero-order valence-electron chi connectivity index (χ0n) is 34.9. The number of furan rings is 1. The van der Waals surface area contributed by atoms with Crippen molar-refractivity contribution in [1.82, 2.24) is 15.0 Å². The highest BCUT2D eigenvalue weighted by Crippen LogP contribution is 2.63. The van der Waals surface area contributed by atoms with Crippen LogP contribution in [0.1, 0.15) is 22.3 Å². The fourth-order valence-corrected chi connectivity index (χ4v) is 10.8. The third-order valence-electron chi connectivity index (χ3n) is 13.6. The van der Waals surface area contributed by atoms with Gasteiger partial charge in [-0.05, 0) is 58.7 Å². The standard InChI is InChI=1S/C60H35N3O2/c1-3-16-36(17-4-1)56-44-31-32-49-58(65-54-29-14-12-27-48(54)60(49)46-25-10-7-20-39(46)40-21-8-11-26-47(40)60)55(44)45-34-38(30-33-50(45)61-56)51-35-52(63-59(62-51)37-18-5-2-6-19-37)43-24-15-23-42-41-22-9-13-28-53(41)64-57(42)43/h1-35H. The van der Waals surface area contributed by atoms with E-state index in [1.165, 1.54) is 22.3 Å². The lowest BCUT2D eigenvalue weighted by molar-refractivity contribution is 0.442. The van der Waals surface area contributed by atoms with Gasteiger partial charge in [0.15, 0.2) is 5.82 Å². The van der Waals surface area contributed by atoms with Gasteiger partial charge >= 0.3 is 0 Å². The Labute approximate surface area is 373 Å². The third kappa shape index (κ3) is 5.12. The molecule has 65 heavy (non-hydrogen) atoms. The Bertz CT molecular complexity index is 3890. The molecule has 1 aliphatic heterocycles. The van der Waals surface area contributed by atoms with Crippen LogP contribution in [-0.4, -0.2) is 15.0 Å². The lowest BCUT2D eigenvalue weighted by atomic mass is 9.65. The van der Waals surface area contributed by atoms with E-state index in [1.807, 2.05) is 42.5 Å². The maximum absolute atomic E-state index is 7.31. The van der Waals surface area contributed by atoms with Crippen LogP contribution >= 0.6 is 0 Å². The van der Waals surface area contributed by atoms with Crippen molar-refractivity contribution in [2.75, 3.05) is 0 Å². The van der Waals surface area contributed by atoms with Gasteiger partial charge in [0, 0.05) is 60.3 Å². The monoisotopic (exact) mass is 829 g/mol. The number of para-hydroxylation sites is 3. The molecule has 0 unspecified atom stereocenters. The summed E-state index contributed by atoms with van der Waals surface area (Å²) in [4.78, 5) is 16.0. The molecule has 3 aromatic heterocycles. The number of ether oxygens (including phenoxy) is 1. The van der Waals surface area contributed by atoms with Gasteiger partial charge in [0.05, 0.1) is 28.0 Å². The quantitative estimate of drug-likeness (QED) is 0.165. The number of benzene rings is 9. The number of aromatic nitrogens is 3. The van der Waals surface area contributed by atoms with Gasteiger partial charge in [0.25, 0.3) is 0 Å². The van der Waals surface area contributed by atoms with Crippen LogP contribution < -0.4 is 4.74 Å². The molecule has 14 rings (SSSR count). The van der Waals surface area contributed by atoms with Gasteiger partial charge in [-0.3, -0.25) is 0 Å². The van der Waals surface area contributed by atoms with Crippen molar-refractivity contribution in [2.24, 2.45) is 0 Å². The Morgan fingerprint density at radius 1 is 0.385 bits per heavy atom. The first kappa shape index (κ1) is 35.9. The van der Waals surface area contributed by atoms with E-state index < -0.39 is 5.41 Å². The molecule has 12 aromatic rings. The Morgan fingerprint density at radius 3 is 1.83 bits per heavy atom. The second kappa shape index (κ2) is 13.7. The average molecular weight is 830 g/mol. The van der Waals surface area contributed by atoms with Crippen molar-refractivity contribution < 1.29 is 9.15 Å². The number of rotatable bonds is 4. The molecule has 1 aliphatic carbocycles. The van der Waals surface area contributed by atoms with E-state index >= 15 is 0 Å². The number of hydrogen-bond acceptors (Lipinski definition) is 5. The van der Waals surface area contributed by atoms with E-state index in [4.69, 9.17) is 24.1 Å². The SMILES string of the molecule is c1ccc(-c2nc(-c3ccc4nc(-c5ccccc5)c5ccc6c(c5c4c3)Oc3ccccc3C63c4ccccc4-c4ccccc43)cc(-c3cccc4c3oc3ccccc34)n2)cc1. The molecule has 0 fully saturated rings. The molecule has 0 amide bonds. The Balaban J connectivity index is 1.07. The Hall–Kier alpha value is -8.67. The summed E-state index contributed by atoms with van der Waals surface area (Å²) >= 11 is 0. The van der Waals surface area contributed by atoms with Crippen LogP contribution in [0.5, 0.6) is 11.5 Å². The van der Waals surface area contributed by atoms with Crippen LogP contribution in [0, 0.1) is 0 Å². The second-order valence-electron chi connectivity index (χ2n) is 17.0. The normalized spacial score (nSPS) is 13.2. The molecule has 1 spiro atoms. The van der Waals surface area contributed by atoms with Crippen molar-refractivity contribution in [2.45, 2.75) is 5.41 Å². The molecular formula is C60H35N3O2. The summed E-state index contributed by atoms with van der Waals surface area (Å²) in [6.45, 7) is 0. The third-order valence-corrected chi connectivity index (χ3v) is 13.6. The van der Waals surface area contributed by atoms with Crippen LogP contribution in [0.15, 0.2) is 217 Å². The lowest BCUT2D eigenvalue weighted by Gasteiger charge is -2.40. The number of fused-ring (bicyclic) bond motifs is 16. The molecular weight excluding hydrogens is 795 g/mol. The molecule has 2 aliphatic rings. The summed E-state index contributed by atoms with van der Waals surface area (Å²) in [5, 5.41) is 5.12. The van der Waals surface area contributed by atoms with Crippen molar-refractivity contribution in [3.63, 3.8) is 0 Å². The van der Waals surface area contributed by atoms with Crippen LogP contribution in [-0.2, 0) is 5.41 Å². The second-order valence-corrected chi connectivity index (χ2v) is 17.0. The van der Waals surface area contributed by atoms with Gasteiger partial charge in [0.1, 0.15) is 22.7 Å². The lowest BCUT2D eigenvalue weighted by Crippen LogP contribution is -2.32. The van der Waals surface area contributed by atoms with Crippen molar-refractivity contribution >= 4 is 43.6 Å². The van der Waals surface area contributed by atoms with Gasteiger partial charge in [-0.2, -0.15) is 0 Å². The predicted molar refractivity (Wildman–Crippen MR) is 261 cm³/mol. The molecule has 0 bridgehead atoms. The Kier molecular flexibility index (Phi) is 7.54. The van der Waals surface area contributed by atoms with Gasteiger partial charge in [0.2, 0.25) is 0 Å². The van der Waals surface area contributed by atoms with Crippen molar-refractivity contribution in [1.29, 1.82) is 0 Å². The van der Waals surface area contributed by atoms with Crippen molar-refractivity contribution in [3.8, 4) is 67.8 Å². The smallest absolute Gasteiger partial charge is 0.160 e. The van der Waals surface area contributed by atoms with E-state index in [0.717, 1.165) is 106 Å². The largest absolute Gasteiger partial charge is 0.456 e. The van der Waals surface area contributed by atoms with Gasteiger partial charge in [-0.25, -0.2) is 15.0 Å². The first-order valence-electron chi connectivity index (χ1n) is 22.0. The molecule has 0 saturated heterocycles. The zero-order valence-corrected chi connectivity index (χ0v) is 34.9. The molecule has 5 nitrogen and oxygen atoms in total. The number of nitrogens with zero attached hydrogens (tertiary/aromatic N) is 3. The topological polar surface area (TPSA) is 61.0 Å². The molecule has 0 radical (unpaired) electrons. The van der Waals surface area contributed by atoms with E-state index in [0.29, 0.717) is 5.82 Å². The molecule has 0 saturated carbocycles. The van der Waals surface area contributed by atoms with Crippen LogP contribution in [0.4, 0.5) is 0 Å². The average Bonchev–Trinajstić information content (AvgIpc) is 3.90. The van der Waals surface area contributed by atoms with Crippen molar-refractivity contribution in [3.05, 3.63) is 235 Å². The summed E-state index contributed by atoms with van der Waals surface area (Å²) in [5.41, 5.74) is 15.4. The summed E-state index contributed by atoms with van der Waals surface area (Å²) in [6, 6.07) is 74.6. The molecule has 9 aromatic carbocycles. The summed E-state index contributed by atoms with van der Waals surface area (Å²) in [7, 11) is 0. The number of pyridine rings is 1. The highest BCUT2D eigenvalue weighted by molar-refractivity contribution is 6.16.